The molecule has 92 valence electrons. The van der Waals surface area contributed by atoms with Crippen molar-refractivity contribution < 1.29 is 13.2 Å². The summed E-state index contributed by atoms with van der Waals surface area (Å²) >= 11 is 0. The third-order valence-corrected chi connectivity index (χ3v) is 2.78. The van der Waals surface area contributed by atoms with Crippen molar-refractivity contribution in [2.24, 2.45) is 14.1 Å². The van der Waals surface area contributed by atoms with Crippen molar-refractivity contribution in [1.29, 1.82) is 0 Å². The lowest BCUT2D eigenvalue weighted by atomic mass is 10.3. The van der Waals surface area contributed by atoms with Crippen LogP contribution in [0, 0.1) is 6.92 Å². The smallest absolute Gasteiger partial charge is 0.327 e. The van der Waals surface area contributed by atoms with Gasteiger partial charge in [-0.3, -0.25) is 4.79 Å². The van der Waals surface area contributed by atoms with E-state index in [1.807, 2.05) is 0 Å². The molecule has 0 saturated heterocycles. The number of hydrogen-bond donors (Lipinski definition) is 0. The second-order valence-corrected chi connectivity index (χ2v) is 3.84. The standard InChI is InChI=1S/C10H10F3N3O/c1-5-14-6-4-7(10(11,12)13)16(3)9(17)8(6)15(5)2/h4H,1-3H3. The molecular weight excluding hydrogens is 235 g/mol. The van der Waals surface area contributed by atoms with E-state index in [9.17, 15) is 18.0 Å². The normalized spacial score (nSPS) is 12.4. The molecule has 0 radical (unpaired) electrons. The van der Waals surface area contributed by atoms with Crippen LogP contribution in [0.3, 0.4) is 0 Å². The van der Waals surface area contributed by atoms with E-state index in [-0.39, 0.29) is 11.0 Å². The fourth-order valence-electron chi connectivity index (χ4n) is 1.76. The second-order valence-electron chi connectivity index (χ2n) is 3.84. The number of nitrogens with zero attached hydrogens (tertiary/aromatic N) is 3. The Balaban J connectivity index is 2.95. The van der Waals surface area contributed by atoms with E-state index in [0.717, 1.165) is 13.1 Å². The Kier molecular flexibility index (Phi) is 2.30. The lowest BCUT2D eigenvalue weighted by Crippen LogP contribution is -2.26. The summed E-state index contributed by atoms with van der Waals surface area (Å²) in [6, 6.07) is 0.893. The van der Waals surface area contributed by atoms with Gasteiger partial charge in [0.25, 0.3) is 5.56 Å². The molecule has 17 heavy (non-hydrogen) atoms. The fraction of sp³-hybridized carbons (Fsp3) is 0.400. The van der Waals surface area contributed by atoms with Crippen LogP contribution < -0.4 is 5.56 Å². The van der Waals surface area contributed by atoms with Crippen molar-refractivity contribution in [1.82, 2.24) is 14.1 Å². The molecule has 7 heteroatoms. The average Bonchev–Trinajstić information content (AvgIpc) is 2.47. The molecule has 0 atom stereocenters. The lowest BCUT2D eigenvalue weighted by Gasteiger charge is -2.11. The van der Waals surface area contributed by atoms with Crippen LogP contribution >= 0.6 is 0 Å². The number of pyridine rings is 1. The Morgan fingerprint density at radius 2 is 1.82 bits per heavy atom. The SMILES string of the molecule is Cc1nc2cc(C(F)(F)F)n(C)c(=O)c2n1C. The minimum atomic E-state index is -4.56. The monoisotopic (exact) mass is 245 g/mol. The zero-order valence-electron chi connectivity index (χ0n) is 9.46. The van der Waals surface area contributed by atoms with Gasteiger partial charge in [0.2, 0.25) is 0 Å². The van der Waals surface area contributed by atoms with Crippen molar-refractivity contribution in [3.8, 4) is 0 Å². The maximum Gasteiger partial charge on any atom is 0.431 e. The highest BCUT2D eigenvalue weighted by Crippen LogP contribution is 2.29. The molecule has 0 unspecified atom stereocenters. The van der Waals surface area contributed by atoms with Crippen molar-refractivity contribution in [3.63, 3.8) is 0 Å². The molecular formula is C10H10F3N3O. The summed E-state index contributed by atoms with van der Waals surface area (Å²) in [6.45, 7) is 1.63. The zero-order chi connectivity index (χ0) is 13.0. The first-order valence-electron chi connectivity index (χ1n) is 4.83. The molecule has 0 saturated carbocycles. The van der Waals surface area contributed by atoms with Crippen molar-refractivity contribution in [2.75, 3.05) is 0 Å². The van der Waals surface area contributed by atoms with Crippen LogP contribution in [-0.4, -0.2) is 14.1 Å². The zero-order valence-corrected chi connectivity index (χ0v) is 9.46. The van der Waals surface area contributed by atoms with Crippen LogP contribution in [0.4, 0.5) is 13.2 Å². The maximum atomic E-state index is 12.7. The number of alkyl halides is 3. The Labute approximate surface area is 94.3 Å². The van der Waals surface area contributed by atoms with Gasteiger partial charge in [0.1, 0.15) is 17.0 Å². The van der Waals surface area contributed by atoms with Gasteiger partial charge in [-0.2, -0.15) is 13.2 Å². The average molecular weight is 245 g/mol. The number of aryl methyl sites for hydroxylation is 2. The molecule has 0 aliphatic rings. The van der Waals surface area contributed by atoms with E-state index in [0.29, 0.717) is 10.4 Å². The predicted octanol–water partition coefficient (Wildman–Crippen LogP) is 1.60. The van der Waals surface area contributed by atoms with Crippen molar-refractivity contribution in [3.05, 3.63) is 27.9 Å². The molecule has 0 aliphatic heterocycles. The van der Waals surface area contributed by atoms with Gasteiger partial charge < -0.3 is 9.13 Å². The molecule has 2 aromatic rings. The molecule has 0 N–H and O–H groups in total. The molecule has 2 heterocycles. The molecule has 0 fully saturated rings. The quantitative estimate of drug-likeness (QED) is 0.707. The lowest BCUT2D eigenvalue weighted by molar-refractivity contribution is -0.143. The predicted molar refractivity (Wildman–Crippen MR) is 55.7 cm³/mol. The molecule has 2 aromatic heterocycles. The summed E-state index contributed by atoms with van der Waals surface area (Å²) in [7, 11) is 2.70. The number of halogens is 3. The van der Waals surface area contributed by atoms with E-state index >= 15 is 0 Å². The van der Waals surface area contributed by atoms with Gasteiger partial charge in [0.05, 0.1) is 5.52 Å². The topological polar surface area (TPSA) is 39.8 Å². The summed E-state index contributed by atoms with van der Waals surface area (Å²) in [5.74, 6) is 0.497. The van der Waals surface area contributed by atoms with Gasteiger partial charge in [-0.1, -0.05) is 0 Å². The summed E-state index contributed by atoms with van der Waals surface area (Å²) in [4.78, 5) is 15.8. The highest BCUT2D eigenvalue weighted by atomic mass is 19.4. The summed E-state index contributed by atoms with van der Waals surface area (Å²) < 4.78 is 40.1. The first-order valence-corrected chi connectivity index (χ1v) is 4.83. The number of aromatic nitrogens is 3. The highest BCUT2D eigenvalue weighted by Gasteiger charge is 2.34. The molecule has 0 bridgehead atoms. The van der Waals surface area contributed by atoms with Gasteiger partial charge in [-0.25, -0.2) is 4.98 Å². The van der Waals surface area contributed by atoms with Gasteiger partial charge in [-0.05, 0) is 13.0 Å². The molecule has 0 amide bonds. The van der Waals surface area contributed by atoms with Crippen molar-refractivity contribution in [2.45, 2.75) is 13.1 Å². The second kappa shape index (κ2) is 3.35. The summed E-state index contributed by atoms with van der Waals surface area (Å²) in [5.41, 5.74) is -1.44. The number of hydrogen-bond acceptors (Lipinski definition) is 2. The number of imidazole rings is 1. The van der Waals surface area contributed by atoms with E-state index in [2.05, 4.69) is 4.98 Å². The minimum absolute atomic E-state index is 0.0698. The highest BCUT2D eigenvalue weighted by molar-refractivity contribution is 5.75. The summed E-state index contributed by atoms with van der Waals surface area (Å²) in [6.07, 6.45) is -4.56. The Morgan fingerprint density at radius 1 is 1.24 bits per heavy atom. The van der Waals surface area contributed by atoms with Crippen LogP contribution in [0.25, 0.3) is 11.0 Å². The molecule has 2 rings (SSSR count). The van der Waals surface area contributed by atoms with Gasteiger partial charge in [0.15, 0.2) is 0 Å². The van der Waals surface area contributed by atoms with E-state index < -0.39 is 17.4 Å². The van der Waals surface area contributed by atoms with Gasteiger partial charge in [0, 0.05) is 14.1 Å². The minimum Gasteiger partial charge on any atom is -0.327 e. The van der Waals surface area contributed by atoms with Crippen LogP contribution in [0.15, 0.2) is 10.9 Å². The van der Waals surface area contributed by atoms with Gasteiger partial charge in [-0.15, -0.1) is 0 Å². The number of rotatable bonds is 0. The van der Waals surface area contributed by atoms with E-state index in [1.54, 1.807) is 14.0 Å². The third-order valence-electron chi connectivity index (χ3n) is 2.78. The maximum absolute atomic E-state index is 12.7. The number of fused-ring (bicyclic) bond motifs is 1. The largest absolute Gasteiger partial charge is 0.431 e. The molecule has 0 spiro atoms. The van der Waals surface area contributed by atoms with Gasteiger partial charge >= 0.3 is 6.18 Å². The fourth-order valence-corrected chi connectivity index (χ4v) is 1.76. The van der Waals surface area contributed by atoms with Crippen LogP contribution in [0.1, 0.15) is 11.5 Å². The Bertz CT molecular complexity index is 651. The summed E-state index contributed by atoms with van der Waals surface area (Å²) in [5, 5.41) is 0. The first kappa shape index (κ1) is 11.7. The van der Waals surface area contributed by atoms with E-state index in [4.69, 9.17) is 0 Å². The first-order chi connectivity index (χ1) is 7.73. The Hall–Kier alpha value is -1.79. The van der Waals surface area contributed by atoms with E-state index in [1.165, 1.54) is 4.57 Å². The molecule has 4 nitrogen and oxygen atoms in total. The van der Waals surface area contributed by atoms with Crippen LogP contribution in [0.2, 0.25) is 0 Å². The van der Waals surface area contributed by atoms with Crippen LogP contribution in [-0.2, 0) is 20.3 Å². The van der Waals surface area contributed by atoms with Crippen LogP contribution in [0.5, 0.6) is 0 Å². The molecule has 0 aliphatic carbocycles. The van der Waals surface area contributed by atoms with Crippen molar-refractivity contribution >= 4 is 11.0 Å². The Morgan fingerprint density at radius 3 is 2.35 bits per heavy atom. The third kappa shape index (κ3) is 1.62. The molecule has 0 aromatic carbocycles.